The summed E-state index contributed by atoms with van der Waals surface area (Å²) >= 11 is 0. The standard InChI is InChI=1S/C15H14FNO2/c1-10-3-4-12(7-11(10)2)14(18)9-17-8-13(16)5-6-15(17)19/h3-8H,9H2,1-2H3. The normalized spacial score (nSPS) is 10.5. The Kier molecular flexibility index (Phi) is 3.60. The minimum absolute atomic E-state index is 0.154. The molecule has 0 unspecified atom stereocenters. The molecule has 2 aromatic rings. The largest absolute Gasteiger partial charge is 0.305 e. The highest BCUT2D eigenvalue weighted by molar-refractivity contribution is 5.96. The predicted octanol–water partition coefficient (Wildman–Crippen LogP) is 2.49. The van der Waals surface area contributed by atoms with Gasteiger partial charge in [0.2, 0.25) is 0 Å². The van der Waals surface area contributed by atoms with Crippen LogP contribution in [0.4, 0.5) is 4.39 Å². The molecule has 98 valence electrons. The second-order valence-electron chi connectivity index (χ2n) is 4.54. The molecule has 1 aromatic carbocycles. The van der Waals surface area contributed by atoms with Gasteiger partial charge < -0.3 is 4.57 Å². The van der Waals surface area contributed by atoms with Crippen molar-refractivity contribution >= 4 is 5.78 Å². The van der Waals surface area contributed by atoms with Crippen LogP contribution < -0.4 is 5.56 Å². The Morgan fingerprint density at radius 3 is 2.58 bits per heavy atom. The van der Waals surface area contributed by atoms with Gasteiger partial charge in [-0.05, 0) is 37.1 Å². The molecule has 0 aliphatic carbocycles. The van der Waals surface area contributed by atoms with Crippen LogP contribution in [0, 0.1) is 19.7 Å². The van der Waals surface area contributed by atoms with E-state index in [-0.39, 0.29) is 12.3 Å². The van der Waals surface area contributed by atoms with Gasteiger partial charge in [-0.3, -0.25) is 9.59 Å². The molecule has 1 aromatic heterocycles. The Morgan fingerprint density at radius 1 is 1.16 bits per heavy atom. The first-order valence-corrected chi connectivity index (χ1v) is 5.94. The minimum atomic E-state index is -0.535. The van der Waals surface area contributed by atoms with E-state index in [0.717, 1.165) is 34.0 Å². The number of pyridine rings is 1. The van der Waals surface area contributed by atoms with Gasteiger partial charge in [0.25, 0.3) is 5.56 Å². The van der Waals surface area contributed by atoms with Crippen LogP contribution >= 0.6 is 0 Å². The number of benzene rings is 1. The van der Waals surface area contributed by atoms with Gasteiger partial charge in [-0.25, -0.2) is 4.39 Å². The molecular weight excluding hydrogens is 245 g/mol. The van der Waals surface area contributed by atoms with Gasteiger partial charge in [0.1, 0.15) is 5.82 Å². The molecular formula is C15H14FNO2. The molecule has 0 saturated carbocycles. The van der Waals surface area contributed by atoms with E-state index in [1.54, 1.807) is 12.1 Å². The molecule has 0 N–H and O–H groups in total. The lowest BCUT2D eigenvalue weighted by Gasteiger charge is -2.07. The number of halogens is 1. The van der Waals surface area contributed by atoms with E-state index in [0.29, 0.717) is 5.56 Å². The molecule has 1 heterocycles. The van der Waals surface area contributed by atoms with Crippen LogP contribution in [0.25, 0.3) is 0 Å². The number of carbonyl (C=O) groups excluding carboxylic acids is 1. The Bertz CT molecular complexity index is 689. The van der Waals surface area contributed by atoms with Crippen molar-refractivity contribution in [2.75, 3.05) is 0 Å². The smallest absolute Gasteiger partial charge is 0.251 e. The van der Waals surface area contributed by atoms with Gasteiger partial charge in [0, 0.05) is 17.8 Å². The van der Waals surface area contributed by atoms with E-state index < -0.39 is 11.4 Å². The predicted molar refractivity (Wildman–Crippen MR) is 70.9 cm³/mol. The molecule has 0 amide bonds. The fourth-order valence-electron chi connectivity index (χ4n) is 1.79. The molecule has 0 aliphatic rings. The van der Waals surface area contributed by atoms with Crippen LogP contribution in [0.1, 0.15) is 21.5 Å². The van der Waals surface area contributed by atoms with E-state index >= 15 is 0 Å². The number of hydrogen-bond acceptors (Lipinski definition) is 2. The second-order valence-corrected chi connectivity index (χ2v) is 4.54. The number of aryl methyl sites for hydroxylation is 2. The fourth-order valence-corrected chi connectivity index (χ4v) is 1.79. The van der Waals surface area contributed by atoms with Crippen LogP contribution in [0.2, 0.25) is 0 Å². The van der Waals surface area contributed by atoms with Gasteiger partial charge in [-0.15, -0.1) is 0 Å². The molecule has 4 heteroatoms. The van der Waals surface area contributed by atoms with Gasteiger partial charge in [-0.2, -0.15) is 0 Å². The highest BCUT2D eigenvalue weighted by atomic mass is 19.1. The molecule has 2 rings (SSSR count). The van der Waals surface area contributed by atoms with Gasteiger partial charge in [-0.1, -0.05) is 12.1 Å². The fraction of sp³-hybridized carbons (Fsp3) is 0.200. The Hall–Kier alpha value is -2.23. The van der Waals surface area contributed by atoms with E-state index in [4.69, 9.17) is 0 Å². The summed E-state index contributed by atoms with van der Waals surface area (Å²) in [5.74, 6) is -0.747. The number of ketones is 1. The zero-order chi connectivity index (χ0) is 14.0. The van der Waals surface area contributed by atoms with E-state index in [9.17, 15) is 14.0 Å². The molecule has 0 spiro atoms. The maximum absolute atomic E-state index is 13.0. The van der Waals surface area contributed by atoms with Crippen LogP contribution in [-0.4, -0.2) is 10.4 Å². The average molecular weight is 259 g/mol. The van der Waals surface area contributed by atoms with Crippen molar-refractivity contribution in [3.8, 4) is 0 Å². The molecule has 0 bridgehead atoms. The molecule has 0 aliphatic heterocycles. The number of Topliss-reactive ketones (excluding diaryl/α,β-unsaturated/α-hetero) is 1. The molecule has 0 radical (unpaired) electrons. The van der Waals surface area contributed by atoms with Crippen molar-refractivity contribution in [2.24, 2.45) is 0 Å². The van der Waals surface area contributed by atoms with Crippen molar-refractivity contribution in [3.05, 3.63) is 69.4 Å². The minimum Gasteiger partial charge on any atom is -0.305 e. The molecule has 3 nitrogen and oxygen atoms in total. The van der Waals surface area contributed by atoms with Gasteiger partial charge in [0.05, 0.1) is 6.54 Å². The zero-order valence-corrected chi connectivity index (χ0v) is 10.8. The van der Waals surface area contributed by atoms with Gasteiger partial charge >= 0.3 is 0 Å². The van der Waals surface area contributed by atoms with Gasteiger partial charge in [0.15, 0.2) is 5.78 Å². The van der Waals surface area contributed by atoms with E-state index in [1.807, 2.05) is 19.9 Å². The first-order valence-electron chi connectivity index (χ1n) is 5.94. The van der Waals surface area contributed by atoms with Crippen molar-refractivity contribution in [1.29, 1.82) is 0 Å². The summed E-state index contributed by atoms with van der Waals surface area (Å²) in [5, 5.41) is 0. The highest BCUT2D eigenvalue weighted by Crippen LogP contribution is 2.11. The Labute approximate surface area is 110 Å². The topological polar surface area (TPSA) is 39.1 Å². The summed E-state index contributed by atoms with van der Waals surface area (Å²) in [7, 11) is 0. The summed E-state index contributed by atoms with van der Waals surface area (Å²) in [6.07, 6.45) is 1.04. The van der Waals surface area contributed by atoms with Crippen LogP contribution in [0.3, 0.4) is 0 Å². The molecule has 0 saturated heterocycles. The number of aromatic nitrogens is 1. The monoisotopic (exact) mass is 259 g/mol. The molecule has 0 fully saturated rings. The lowest BCUT2D eigenvalue weighted by molar-refractivity contribution is 0.0970. The summed E-state index contributed by atoms with van der Waals surface area (Å²) in [6.45, 7) is 3.72. The first kappa shape index (κ1) is 13.2. The molecule has 0 atom stereocenters. The van der Waals surface area contributed by atoms with Crippen LogP contribution in [0.5, 0.6) is 0 Å². The summed E-state index contributed by atoms with van der Waals surface area (Å²) in [6, 6.07) is 7.55. The van der Waals surface area contributed by atoms with Crippen molar-refractivity contribution in [1.82, 2.24) is 4.57 Å². The molecule has 19 heavy (non-hydrogen) atoms. The second kappa shape index (κ2) is 5.18. The lowest BCUT2D eigenvalue weighted by atomic mass is 10.0. The maximum atomic E-state index is 13.0. The van der Waals surface area contributed by atoms with E-state index in [1.165, 1.54) is 0 Å². The zero-order valence-electron chi connectivity index (χ0n) is 10.8. The quantitative estimate of drug-likeness (QED) is 0.794. The van der Waals surface area contributed by atoms with Crippen LogP contribution in [-0.2, 0) is 6.54 Å². The lowest BCUT2D eigenvalue weighted by Crippen LogP contribution is -2.23. The number of rotatable bonds is 3. The van der Waals surface area contributed by atoms with Crippen LogP contribution in [0.15, 0.2) is 41.3 Å². The highest BCUT2D eigenvalue weighted by Gasteiger charge is 2.09. The third kappa shape index (κ3) is 2.96. The summed E-state index contributed by atoms with van der Waals surface area (Å²) in [5.41, 5.74) is 2.25. The third-order valence-corrected chi connectivity index (χ3v) is 3.09. The summed E-state index contributed by atoms with van der Waals surface area (Å²) in [4.78, 5) is 23.6. The Balaban J connectivity index is 2.28. The average Bonchev–Trinajstić information content (AvgIpc) is 2.37. The van der Waals surface area contributed by atoms with E-state index in [2.05, 4.69) is 0 Å². The van der Waals surface area contributed by atoms with Crippen molar-refractivity contribution in [2.45, 2.75) is 20.4 Å². The third-order valence-electron chi connectivity index (χ3n) is 3.09. The summed E-state index contributed by atoms with van der Waals surface area (Å²) < 4.78 is 14.1. The first-order chi connectivity index (χ1) is 8.97. The number of carbonyl (C=O) groups is 1. The Morgan fingerprint density at radius 2 is 1.89 bits per heavy atom. The maximum Gasteiger partial charge on any atom is 0.251 e. The number of nitrogens with zero attached hydrogens (tertiary/aromatic N) is 1. The SMILES string of the molecule is Cc1ccc(C(=O)Cn2cc(F)ccc2=O)cc1C. The van der Waals surface area contributed by atoms with Crippen molar-refractivity contribution < 1.29 is 9.18 Å². The number of hydrogen-bond donors (Lipinski definition) is 0. The van der Waals surface area contributed by atoms with Crippen molar-refractivity contribution in [3.63, 3.8) is 0 Å².